The van der Waals surface area contributed by atoms with Crippen molar-refractivity contribution >= 4 is 28.9 Å². The highest BCUT2D eigenvalue weighted by molar-refractivity contribution is 7.98. The van der Waals surface area contributed by atoms with Gasteiger partial charge in [-0.2, -0.15) is 5.10 Å². The third-order valence-corrected chi connectivity index (χ3v) is 7.26. The van der Waals surface area contributed by atoms with Gasteiger partial charge in [0.25, 0.3) is 0 Å². The van der Waals surface area contributed by atoms with E-state index in [9.17, 15) is 4.79 Å². The van der Waals surface area contributed by atoms with Crippen LogP contribution in [0.3, 0.4) is 0 Å². The second-order valence-corrected chi connectivity index (χ2v) is 9.79. The molecule has 2 aromatic heterocycles. The molecule has 0 spiro atoms. The first-order chi connectivity index (χ1) is 15.5. The number of benzene rings is 1. The summed E-state index contributed by atoms with van der Waals surface area (Å²) in [5.41, 5.74) is 5.47. The smallest absolute Gasteiger partial charge is 0.331 e. The largest absolute Gasteiger partial charge is 0.496 e. The lowest BCUT2D eigenvalue weighted by atomic mass is 9.90. The van der Waals surface area contributed by atoms with Crippen LogP contribution in [0.5, 0.6) is 5.75 Å². The maximum absolute atomic E-state index is 12.8. The number of nitrogens with one attached hydrogen (secondary N) is 1. The van der Waals surface area contributed by atoms with E-state index in [-0.39, 0.29) is 5.97 Å². The standard InChI is InChI=1S/C25H29N3O3S/c1-15-12-16(2)21(20(13-15)30-3)18-6-5-7-19-22(23(32-4)27-28(18)19)26-25(14-17-8-9-17)10-11-31-24(25)29/h5-7,12-13,17,26H,8-11,14H2,1-4H3. The molecule has 1 aliphatic carbocycles. The molecule has 1 unspecified atom stereocenters. The minimum absolute atomic E-state index is 0.136. The molecule has 0 radical (unpaired) electrons. The summed E-state index contributed by atoms with van der Waals surface area (Å²) in [6, 6.07) is 10.4. The Kier molecular flexibility index (Phi) is 5.32. The van der Waals surface area contributed by atoms with Crippen LogP contribution in [0, 0.1) is 19.8 Å². The van der Waals surface area contributed by atoms with E-state index in [1.807, 2.05) is 16.8 Å². The Hall–Kier alpha value is -2.67. The number of ether oxygens (including phenoxy) is 2. The Bertz CT molecular complexity index is 1200. The van der Waals surface area contributed by atoms with Crippen molar-refractivity contribution in [1.29, 1.82) is 0 Å². The van der Waals surface area contributed by atoms with E-state index in [1.165, 1.54) is 12.8 Å². The average Bonchev–Trinajstić information content (AvgIpc) is 3.41. The van der Waals surface area contributed by atoms with E-state index in [2.05, 4.69) is 43.4 Å². The number of aromatic nitrogens is 2. The highest BCUT2D eigenvalue weighted by Gasteiger charge is 2.48. The third kappa shape index (κ3) is 3.52. The van der Waals surface area contributed by atoms with Gasteiger partial charge in [0.1, 0.15) is 16.3 Å². The molecule has 0 amide bonds. The summed E-state index contributed by atoms with van der Waals surface area (Å²) in [6.07, 6.45) is 5.92. The van der Waals surface area contributed by atoms with Gasteiger partial charge in [0, 0.05) is 12.0 Å². The number of methoxy groups -OCH3 is 1. The SMILES string of the molecule is COc1cc(C)cc(C)c1-c1cccc2c(NC3(CC4CC4)CCOC3=O)c(SC)nn12. The molecule has 6 nitrogen and oxygen atoms in total. The van der Waals surface area contributed by atoms with Gasteiger partial charge in [0.15, 0.2) is 0 Å². The number of pyridine rings is 1. The molecule has 1 aliphatic heterocycles. The van der Waals surface area contributed by atoms with Crippen molar-refractivity contribution in [3.63, 3.8) is 0 Å². The monoisotopic (exact) mass is 451 g/mol. The van der Waals surface area contributed by atoms with Gasteiger partial charge in [-0.1, -0.05) is 25.0 Å². The molecular formula is C25H29N3O3S. The molecule has 0 bridgehead atoms. The molecule has 7 heteroatoms. The van der Waals surface area contributed by atoms with Crippen molar-refractivity contribution in [3.8, 4) is 17.0 Å². The number of nitrogens with zero attached hydrogens (tertiary/aromatic N) is 2. The number of carbonyl (C=O) groups excluding carboxylic acids is 1. The molecule has 1 saturated carbocycles. The summed E-state index contributed by atoms with van der Waals surface area (Å²) in [6.45, 7) is 4.64. The van der Waals surface area contributed by atoms with Crippen LogP contribution in [0.15, 0.2) is 35.4 Å². The van der Waals surface area contributed by atoms with Crippen LogP contribution in [0.25, 0.3) is 16.8 Å². The van der Waals surface area contributed by atoms with Crippen LogP contribution in [0.4, 0.5) is 5.69 Å². The van der Waals surface area contributed by atoms with Crippen LogP contribution < -0.4 is 10.1 Å². The van der Waals surface area contributed by atoms with Crippen LogP contribution >= 0.6 is 11.8 Å². The number of carbonyl (C=O) groups is 1. The Balaban J connectivity index is 1.66. The lowest BCUT2D eigenvalue weighted by Crippen LogP contribution is -2.43. The van der Waals surface area contributed by atoms with Crippen LogP contribution in [-0.2, 0) is 9.53 Å². The van der Waals surface area contributed by atoms with E-state index < -0.39 is 5.54 Å². The van der Waals surface area contributed by atoms with Crippen LogP contribution in [0.1, 0.15) is 36.8 Å². The maximum atomic E-state index is 12.8. The number of hydrogen-bond acceptors (Lipinski definition) is 6. The van der Waals surface area contributed by atoms with E-state index >= 15 is 0 Å². The number of thioether (sulfide) groups is 1. The minimum Gasteiger partial charge on any atom is -0.496 e. The fraction of sp³-hybridized carbons (Fsp3) is 0.440. The zero-order valence-corrected chi connectivity index (χ0v) is 19.8. The zero-order valence-electron chi connectivity index (χ0n) is 19.0. The first-order valence-corrected chi connectivity index (χ1v) is 12.3. The van der Waals surface area contributed by atoms with E-state index in [1.54, 1.807) is 18.9 Å². The number of aryl methyl sites for hydroxylation is 2. The van der Waals surface area contributed by atoms with Gasteiger partial charge in [-0.3, -0.25) is 0 Å². The molecule has 32 heavy (non-hydrogen) atoms. The first kappa shape index (κ1) is 21.2. The van der Waals surface area contributed by atoms with Crippen molar-refractivity contribution in [2.45, 2.75) is 50.1 Å². The van der Waals surface area contributed by atoms with Gasteiger partial charge in [-0.25, -0.2) is 9.31 Å². The van der Waals surface area contributed by atoms with Crippen molar-refractivity contribution in [1.82, 2.24) is 9.61 Å². The molecule has 1 N–H and O–H groups in total. The van der Waals surface area contributed by atoms with Gasteiger partial charge >= 0.3 is 5.97 Å². The molecule has 168 valence electrons. The van der Waals surface area contributed by atoms with Crippen molar-refractivity contribution in [3.05, 3.63) is 41.5 Å². The normalized spacial score (nSPS) is 20.6. The second kappa shape index (κ2) is 8.03. The predicted molar refractivity (Wildman–Crippen MR) is 128 cm³/mol. The maximum Gasteiger partial charge on any atom is 0.331 e. The first-order valence-electron chi connectivity index (χ1n) is 11.1. The van der Waals surface area contributed by atoms with Crippen molar-refractivity contribution < 1.29 is 14.3 Å². The molecule has 3 heterocycles. The topological polar surface area (TPSA) is 64.9 Å². The van der Waals surface area contributed by atoms with E-state index in [0.717, 1.165) is 50.8 Å². The quantitative estimate of drug-likeness (QED) is 0.391. The van der Waals surface area contributed by atoms with E-state index in [4.69, 9.17) is 14.6 Å². The minimum atomic E-state index is -0.664. The lowest BCUT2D eigenvalue weighted by molar-refractivity contribution is -0.142. The van der Waals surface area contributed by atoms with Gasteiger partial charge in [0.2, 0.25) is 0 Å². The van der Waals surface area contributed by atoms with Gasteiger partial charge in [-0.05, 0) is 61.8 Å². The Morgan fingerprint density at radius 2 is 2.12 bits per heavy atom. The lowest BCUT2D eigenvalue weighted by Gasteiger charge is -2.27. The summed E-state index contributed by atoms with van der Waals surface area (Å²) in [7, 11) is 1.70. The number of esters is 1. The Labute approximate surface area is 192 Å². The number of rotatable bonds is 7. The average molecular weight is 452 g/mol. The summed E-state index contributed by atoms with van der Waals surface area (Å²) in [5, 5.41) is 9.46. The molecule has 1 atom stereocenters. The van der Waals surface area contributed by atoms with Crippen LogP contribution in [-0.4, -0.2) is 41.1 Å². The summed E-state index contributed by atoms with van der Waals surface area (Å²) >= 11 is 1.58. The fourth-order valence-electron chi connectivity index (χ4n) is 4.88. The van der Waals surface area contributed by atoms with Gasteiger partial charge in [0.05, 0.1) is 30.6 Å². The molecule has 3 aromatic rings. The third-order valence-electron chi connectivity index (χ3n) is 6.59. The highest BCUT2D eigenvalue weighted by atomic mass is 32.2. The van der Waals surface area contributed by atoms with Crippen LogP contribution in [0.2, 0.25) is 0 Å². The molecular weight excluding hydrogens is 422 g/mol. The summed E-state index contributed by atoms with van der Waals surface area (Å²) < 4.78 is 13.1. The second-order valence-electron chi connectivity index (χ2n) is 8.99. The predicted octanol–water partition coefficient (Wildman–Crippen LogP) is 5.25. The number of cyclic esters (lactones) is 1. The van der Waals surface area contributed by atoms with Gasteiger partial charge < -0.3 is 14.8 Å². The van der Waals surface area contributed by atoms with Crippen molar-refractivity contribution in [2.24, 2.45) is 5.92 Å². The van der Waals surface area contributed by atoms with Gasteiger partial charge in [-0.15, -0.1) is 11.8 Å². The Morgan fingerprint density at radius 1 is 1.31 bits per heavy atom. The number of hydrogen-bond donors (Lipinski definition) is 1. The molecule has 2 aliphatic rings. The van der Waals surface area contributed by atoms with E-state index in [0.29, 0.717) is 18.9 Å². The number of fused-ring (bicyclic) bond motifs is 1. The highest BCUT2D eigenvalue weighted by Crippen LogP contribution is 2.44. The zero-order chi connectivity index (χ0) is 22.5. The molecule has 5 rings (SSSR count). The molecule has 1 aromatic carbocycles. The Morgan fingerprint density at radius 3 is 2.78 bits per heavy atom. The number of anilines is 1. The fourth-order valence-corrected chi connectivity index (χ4v) is 5.40. The molecule has 1 saturated heterocycles. The molecule has 2 fully saturated rings. The summed E-state index contributed by atoms with van der Waals surface area (Å²) in [5.74, 6) is 1.29. The van der Waals surface area contributed by atoms with Crippen molar-refractivity contribution in [2.75, 3.05) is 25.3 Å². The summed E-state index contributed by atoms with van der Waals surface area (Å²) in [4.78, 5) is 12.8.